The first-order valence-corrected chi connectivity index (χ1v) is 8.40. The summed E-state index contributed by atoms with van der Waals surface area (Å²) < 4.78 is 1.98. The van der Waals surface area contributed by atoms with Crippen molar-refractivity contribution in [2.24, 2.45) is 0 Å². The Balaban J connectivity index is 1.84. The Morgan fingerprint density at radius 3 is 2.83 bits per heavy atom. The summed E-state index contributed by atoms with van der Waals surface area (Å²) >= 11 is 1.63. The molecule has 0 radical (unpaired) electrons. The van der Waals surface area contributed by atoms with Gasteiger partial charge in [0.2, 0.25) is 0 Å². The molecule has 0 unspecified atom stereocenters. The molecule has 1 aliphatic heterocycles. The van der Waals surface area contributed by atoms with E-state index in [1.165, 1.54) is 22.3 Å². The number of nitrogens with zero attached hydrogens (tertiary/aromatic N) is 4. The maximum Gasteiger partial charge on any atom is 0.164 e. The average Bonchev–Trinajstić information content (AvgIpc) is 2.82. The molecular weight excluding hydrogens is 308 g/mol. The maximum absolute atomic E-state index is 6.12. The number of anilines is 1. The van der Waals surface area contributed by atoms with Crippen LogP contribution in [0.2, 0.25) is 0 Å². The number of aryl methyl sites for hydroxylation is 1. The van der Waals surface area contributed by atoms with Gasteiger partial charge in [0.15, 0.2) is 5.65 Å². The summed E-state index contributed by atoms with van der Waals surface area (Å²) in [7, 11) is 0. The Hall–Kier alpha value is -2.12. The van der Waals surface area contributed by atoms with E-state index in [1.807, 2.05) is 4.68 Å². The lowest BCUT2D eigenvalue weighted by Gasteiger charge is -2.27. The van der Waals surface area contributed by atoms with Gasteiger partial charge in [-0.2, -0.15) is 5.10 Å². The first-order chi connectivity index (χ1) is 11.1. The number of fused-ring (bicyclic) bond motifs is 1. The summed E-state index contributed by atoms with van der Waals surface area (Å²) in [5, 5.41) is 9.79. The minimum absolute atomic E-state index is 0.333. The Morgan fingerprint density at radius 2 is 2.09 bits per heavy atom. The van der Waals surface area contributed by atoms with E-state index < -0.39 is 0 Å². The van der Waals surface area contributed by atoms with Gasteiger partial charge in [0.05, 0.1) is 11.4 Å². The van der Waals surface area contributed by atoms with Crippen LogP contribution in [0.15, 0.2) is 34.4 Å². The molecule has 0 amide bonds. The van der Waals surface area contributed by atoms with Crippen molar-refractivity contribution in [2.75, 3.05) is 18.8 Å². The van der Waals surface area contributed by atoms with Crippen molar-refractivity contribution in [3.63, 3.8) is 0 Å². The van der Waals surface area contributed by atoms with E-state index in [4.69, 9.17) is 10.8 Å². The van der Waals surface area contributed by atoms with Crippen molar-refractivity contribution in [1.82, 2.24) is 25.1 Å². The zero-order chi connectivity index (χ0) is 16.0. The molecule has 1 aromatic carbocycles. The van der Waals surface area contributed by atoms with Gasteiger partial charge in [-0.15, -0.1) is 0 Å². The highest BCUT2D eigenvalue weighted by atomic mass is 32.2. The maximum atomic E-state index is 6.12. The molecule has 0 saturated carbocycles. The number of hydrogen-bond donors (Lipinski definition) is 2. The number of nitrogens with two attached hydrogens (primary N) is 1. The number of rotatable bonds is 3. The second-order valence-electron chi connectivity index (χ2n) is 5.82. The second kappa shape index (κ2) is 5.50. The first-order valence-electron chi connectivity index (χ1n) is 7.58. The van der Waals surface area contributed by atoms with Crippen LogP contribution in [0.4, 0.5) is 5.82 Å². The summed E-state index contributed by atoms with van der Waals surface area (Å²) in [6.07, 6.45) is 1.51. The zero-order valence-corrected chi connectivity index (χ0v) is 13.9. The van der Waals surface area contributed by atoms with E-state index in [0.29, 0.717) is 11.9 Å². The summed E-state index contributed by atoms with van der Waals surface area (Å²) in [5.41, 5.74) is 9.47. The predicted octanol–water partition coefficient (Wildman–Crippen LogP) is 2.32. The number of benzene rings is 1. The van der Waals surface area contributed by atoms with Gasteiger partial charge >= 0.3 is 0 Å². The number of nitrogens with one attached hydrogen (secondary N) is 1. The molecule has 1 fully saturated rings. The van der Waals surface area contributed by atoms with Gasteiger partial charge in [-0.05, 0) is 31.0 Å². The largest absolute Gasteiger partial charge is 0.383 e. The van der Waals surface area contributed by atoms with Crippen molar-refractivity contribution >= 4 is 28.6 Å². The van der Waals surface area contributed by atoms with E-state index in [-0.39, 0.29) is 0 Å². The lowest BCUT2D eigenvalue weighted by Crippen LogP contribution is -2.43. The first kappa shape index (κ1) is 14.5. The monoisotopic (exact) mass is 326 g/mol. The molecular formula is C16H18N6S. The van der Waals surface area contributed by atoms with E-state index in [1.54, 1.807) is 11.8 Å². The van der Waals surface area contributed by atoms with Crippen LogP contribution in [-0.2, 0) is 0 Å². The quantitative estimate of drug-likeness (QED) is 0.769. The Kier molecular flexibility index (Phi) is 3.46. The minimum Gasteiger partial charge on any atom is -0.383 e. The molecule has 3 heterocycles. The average molecular weight is 326 g/mol. The highest BCUT2D eigenvalue weighted by molar-refractivity contribution is 7.99. The number of hydrogen-bond acceptors (Lipinski definition) is 6. The van der Waals surface area contributed by atoms with Crippen LogP contribution in [-0.4, -0.2) is 32.8 Å². The molecule has 6 nitrogen and oxygen atoms in total. The summed E-state index contributed by atoms with van der Waals surface area (Å²) in [6.45, 7) is 6.07. The molecule has 1 aliphatic rings. The van der Waals surface area contributed by atoms with Crippen molar-refractivity contribution < 1.29 is 0 Å². The van der Waals surface area contributed by atoms with Crippen LogP contribution in [0.5, 0.6) is 0 Å². The van der Waals surface area contributed by atoms with Crippen molar-refractivity contribution in [2.45, 2.75) is 29.8 Å². The normalized spacial score (nSPS) is 15.0. The van der Waals surface area contributed by atoms with Crippen LogP contribution in [0.25, 0.3) is 11.0 Å². The van der Waals surface area contributed by atoms with Gasteiger partial charge in [-0.1, -0.05) is 23.9 Å². The third-order valence-electron chi connectivity index (χ3n) is 4.35. The van der Waals surface area contributed by atoms with Crippen molar-refractivity contribution in [3.05, 3.63) is 35.7 Å². The molecule has 2 aromatic heterocycles. The summed E-state index contributed by atoms with van der Waals surface area (Å²) in [4.78, 5) is 9.75. The van der Waals surface area contributed by atoms with Crippen LogP contribution in [0.3, 0.4) is 0 Å². The van der Waals surface area contributed by atoms with E-state index in [2.05, 4.69) is 47.3 Å². The van der Waals surface area contributed by atoms with Crippen molar-refractivity contribution in [1.29, 1.82) is 0 Å². The Bertz CT molecular complexity index is 884. The fourth-order valence-electron chi connectivity index (χ4n) is 2.67. The Labute approximate surface area is 138 Å². The third kappa shape index (κ3) is 2.36. The number of aromatic nitrogens is 4. The standard InChI is InChI=1S/C16H18N6S/c1-9-4-3-5-12(10(9)2)23-16-13-14(17)19-8-20-15(13)22(21-16)11-6-18-7-11/h3-5,8,11,18H,6-7H2,1-2H3,(H2,17,19,20). The van der Waals surface area contributed by atoms with E-state index in [0.717, 1.165) is 29.1 Å². The number of nitrogen functional groups attached to an aromatic ring is 1. The molecule has 1 saturated heterocycles. The molecule has 23 heavy (non-hydrogen) atoms. The van der Waals surface area contributed by atoms with Crippen LogP contribution in [0.1, 0.15) is 17.2 Å². The lowest BCUT2D eigenvalue weighted by molar-refractivity contribution is 0.321. The topological polar surface area (TPSA) is 81.7 Å². The molecule has 118 valence electrons. The zero-order valence-electron chi connectivity index (χ0n) is 13.1. The molecule has 0 spiro atoms. The van der Waals surface area contributed by atoms with E-state index in [9.17, 15) is 0 Å². The van der Waals surface area contributed by atoms with Crippen molar-refractivity contribution in [3.8, 4) is 0 Å². The molecule has 4 rings (SSSR count). The molecule has 0 atom stereocenters. The molecule has 0 bridgehead atoms. The lowest BCUT2D eigenvalue weighted by atomic mass is 10.1. The van der Waals surface area contributed by atoms with Crippen LogP contribution in [0, 0.1) is 13.8 Å². The third-order valence-corrected chi connectivity index (χ3v) is 5.49. The smallest absolute Gasteiger partial charge is 0.164 e. The summed E-state index contributed by atoms with van der Waals surface area (Å²) in [6, 6.07) is 6.63. The van der Waals surface area contributed by atoms with Crippen LogP contribution < -0.4 is 11.1 Å². The predicted molar refractivity (Wildman–Crippen MR) is 91.7 cm³/mol. The fraction of sp³-hybridized carbons (Fsp3) is 0.312. The highest BCUT2D eigenvalue weighted by Crippen LogP contribution is 2.37. The molecule has 0 aliphatic carbocycles. The second-order valence-corrected chi connectivity index (χ2v) is 6.85. The minimum atomic E-state index is 0.333. The Morgan fingerprint density at radius 1 is 1.26 bits per heavy atom. The van der Waals surface area contributed by atoms with Gasteiger partial charge in [-0.3, -0.25) is 0 Å². The fourth-order valence-corrected chi connectivity index (χ4v) is 3.77. The SMILES string of the molecule is Cc1cccc(Sc2nn(C3CNC3)c3ncnc(N)c23)c1C. The molecule has 7 heteroatoms. The van der Waals surface area contributed by atoms with Gasteiger partial charge in [-0.25, -0.2) is 14.6 Å². The highest BCUT2D eigenvalue weighted by Gasteiger charge is 2.25. The molecule has 3 N–H and O–H groups in total. The van der Waals surface area contributed by atoms with Gasteiger partial charge < -0.3 is 11.1 Å². The van der Waals surface area contributed by atoms with E-state index >= 15 is 0 Å². The van der Waals surface area contributed by atoms with Gasteiger partial charge in [0, 0.05) is 18.0 Å². The van der Waals surface area contributed by atoms with Crippen LogP contribution >= 0.6 is 11.8 Å². The van der Waals surface area contributed by atoms with Gasteiger partial charge in [0.1, 0.15) is 17.2 Å². The summed E-state index contributed by atoms with van der Waals surface area (Å²) in [5.74, 6) is 0.487. The van der Waals surface area contributed by atoms with Gasteiger partial charge in [0.25, 0.3) is 0 Å². The molecule has 3 aromatic rings.